The van der Waals surface area contributed by atoms with Crippen LogP contribution in [0.3, 0.4) is 0 Å². The molecule has 4 nitrogen and oxygen atoms in total. The van der Waals surface area contributed by atoms with E-state index in [-0.39, 0.29) is 0 Å². The number of Topliss-reactive ketones (excluding diaryl/α,β-unsaturated/α-hetero) is 1. The molecular weight excluding hydrogens is 160 g/mol. The van der Waals surface area contributed by atoms with Crippen LogP contribution < -0.4 is 0 Å². The topological polar surface area (TPSA) is 60.2 Å². The van der Waals surface area contributed by atoms with Crippen LogP contribution in [0.4, 0.5) is 0 Å². The van der Waals surface area contributed by atoms with Crippen molar-refractivity contribution in [3.8, 4) is 0 Å². The van der Waals surface area contributed by atoms with Gasteiger partial charge in [0.2, 0.25) is 5.78 Å². The van der Waals surface area contributed by atoms with Gasteiger partial charge in [0.05, 0.1) is 0 Å². The van der Waals surface area contributed by atoms with Crippen LogP contribution in [0.2, 0.25) is 0 Å². The van der Waals surface area contributed by atoms with Crippen LogP contribution in [0.1, 0.15) is 10.4 Å². The van der Waals surface area contributed by atoms with E-state index >= 15 is 0 Å². The van der Waals surface area contributed by atoms with E-state index in [9.17, 15) is 14.9 Å². The Bertz CT molecular complexity index is 294. The van der Waals surface area contributed by atoms with Crippen LogP contribution in [0.15, 0.2) is 30.3 Å². The normalized spacial score (nSPS) is 9.33. The summed E-state index contributed by atoms with van der Waals surface area (Å²) in [5.74, 6) is -0.458. The molecule has 1 aromatic rings. The highest BCUT2D eigenvalue weighted by Gasteiger charge is 2.10. The standard InChI is InChI=1S/C8H7NO3/c10-8(6-9(11)12)7-4-2-1-3-5-7/h1-5H,6H2/i8+2. The van der Waals surface area contributed by atoms with Crippen LogP contribution in [0, 0.1) is 10.1 Å². The second-order valence-electron chi connectivity index (χ2n) is 2.28. The van der Waals surface area contributed by atoms with Gasteiger partial charge < -0.3 is 0 Å². The molecule has 0 fully saturated rings. The molecule has 0 radical (unpaired) electrons. The summed E-state index contributed by atoms with van der Waals surface area (Å²) < 4.78 is 0. The second kappa shape index (κ2) is 3.61. The third kappa shape index (κ3) is 2.16. The zero-order valence-corrected chi connectivity index (χ0v) is 6.27. The summed E-state index contributed by atoms with van der Waals surface area (Å²) in [6.07, 6.45) is 0. The minimum Gasteiger partial charge on any atom is -0.287 e. The van der Waals surface area contributed by atoms with Crippen LogP contribution in [-0.2, 0) is 0 Å². The highest BCUT2D eigenvalue weighted by atomic mass is 16.6. The van der Waals surface area contributed by atoms with E-state index in [0.717, 1.165) is 0 Å². The highest BCUT2D eigenvalue weighted by Crippen LogP contribution is 1.99. The van der Waals surface area contributed by atoms with Gasteiger partial charge in [0, 0.05) is 10.5 Å². The Morgan fingerprint density at radius 2 is 1.92 bits per heavy atom. The van der Waals surface area contributed by atoms with E-state index in [1.54, 1.807) is 30.3 Å². The molecule has 0 unspecified atom stereocenters. The van der Waals surface area contributed by atoms with Crippen LogP contribution in [-0.4, -0.2) is 17.3 Å². The minimum atomic E-state index is -0.635. The maximum Gasteiger partial charge on any atom is 0.265 e. The van der Waals surface area contributed by atoms with Crippen molar-refractivity contribution in [3.05, 3.63) is 46.0 Å². The van der Waals surface area contributed by atoms with Crippen molar-refractivity contribution in [1.29, 1.82) is 0 Å². The molecule has 0 heterocycles. The summed E-state index contributed by atoms with van der Waals surface area (Å²) in [4.78, 5) is 20.4. The zero-order chi connectivity index (χ0) is 8.97. The molecule has 0 aliphatic carbocycles. The van der Waals surface area contributed by atoms with Crippen molar-refractivity contribution in [2.24, 2.45) is 0 Å². The Balaban J connectivity index is 2.73. The molecule has 1 aromatic carbocycles. The number of carbonyl (C=O) groups excluding carboxylic acids is 1. The highest BCUT2D eigenvalue weighted by molar-refractivity contribution is 5.96. The number of benzene rings is 1. The van der Waals surface area contributed by atoms with Gasteiger partial charge in [-0.3, -0.25) is 14.9 Å². The summed E-state index contributed by atoms with van der Waals surface area (Å²) in [6.45, 7) is -0.635. The summed E-state index contributed by atoms with van der Waals surface area (Å²) >= 11 is 0. The third-order valence-corrected chi connectivity index (χ3v) is 1.37. The molecule has 1 rings (SSSR count). The van der Waals surface area contributed by atoms with Crippen LogP contribution in [0.5, 0.6) is 0 Å². The number of hydrogen-bond donors (Lipinski definition) is 0. The molecule has 0 saturated heterocycles. The van der Waals surface area contributed by atoms with Crippen molar-refractivity contribution in [3.63, 3.8) is 0 Å². The van der Waals surface area contributed by atoms with E-state index in [2.05, 4.69) is 0 Å². The van der Waals surface area contributed by atoms with Crippen molar-refractivity contribution >= 4 is 5.78 Å². The van der Waals surface area contributed by atoms with Crippen molar-refractivity contribution in [2.45, 2.75) is 0 Å². The fourth-order valence-corrected chi connectivity index (χ4v) is 0.833. The fourth-order valence-electron chi connectivity index (χ4n) is 0.833. The first-order chi connectivity index (χ1) is 5.70. The van der Waals surface area contributed by atoms with Gasteiger partial charge in [-0.15, -0.1) is 0 Å². The van der Waals surface area contributed by atoms with E-state index in [1.165, 1.54) is 0 Å². The van der Waals surface area contributed by atoms with E-state index < -0.39 is 17.3 Å². The lowest BCUT2D eigenvalue weighted by atomic mass is 10.3. The number of carbonyl (C=O) groups is 1. The Morgan fingerprint density at radius 1 is 1.33 bits per heavy atom. The zero-order valence-electron chi connectivity index (χ0n) is 6.27. The molecular formula is C8H7NO3. The number of hydrogen-bond acceptors (Lipinski definition) is 3. The Kier molecular flexibility index (Phi) is 2.53. The van der Waals surface area contributed by atoms with Crippen molar-refractivity contribution in [1.82, 2.24) is 0 Å². The summed E-state index contributed by atoms with van der Waals surface area (Å²) in [5.41, 5.74) is 0.384. The number of nitro groups is 1. The molecule has 0 N–H and O–H groups in total. The Labute approximate surface area is 69.0 Å². The lowest BCUT2D eigenvalue weighted by Gasteiger charge is -1.93. The summed E-state index contributed by atoms with van der Waals surface area (Å²) in [6, 6.07) is 8.22. The van der Waals surface area contributed by atoms with Gasteiger partial charge in [-0.05, 0) is 0 Å². The van der Waals surface area contributed by atoms with Gasteiger partial charge in [0.25, 0.3) is 6.54 Å². The molecule has 0 aliphatic rings. The van der Waals surface area contributed by atoms with E-state index in [0.29, 0.717) is 5.56 Å². The predicted octanol–water partition coefficient (Wildman–Crippen LogP) is 1.15. The average Bonchev–Trinajstić information content (AvgIpc) is 2.05. The van der Waals surface area contributed by atoms with Crippen molar-refractivity contribution < 1.29 is 9.72 Å². The molecule has 0 atom stereocenters. The van der Waals surface area contributed by atoms with Crippen molar-refractivity contribution in [2.75, 3.05) is 6.54 Å². The number of rotatable bonds is 3. The average molecular weight is 167 g/mol. The largest absolute Gasteiger partial charge is 0.287 e. The maximum absolute atomic E-state index is 11.0. The van der Waals surface area contributed by atoms with E-state index in [1.807, 2.05) is 0 Å². The number of ketones is 1. The first kappa shape index (κ1) is 8.39. The lowest BCUT2D eigenvalue weighted by Crippen LogP contribution is -2.13. The Hall–Kier alpha value is -1.71. The Morgan fingerprint density at radius 3 is 2.42 bits per heavy atom. The smallest absolute Gasteiger partial charge is 0.265 e. The van der Waals surface area contributed by atoms with Gasteiger partial charge in [0.15, 0.2) is 0 Å². The minimum absolute atomic E-state index is 0.384. The third-order valence-electron chi connectivity index (χ3n) is 1.37. The molecule has 0 aliphatic heterocycles. The van der Waals surface area contributed by atoms with Gasteiger partial charge in [-0.1, -0.05) is 30.3 Å². The second-order valence-corrected chi connectivity index (χ2v) is 2.28. The van der Waals surface area contributed by atoms with Gasteiger partial charge in [0.1, 0.15) is 0 Å². The maximum atomic E-state index is 11.0. The first-order valence-corrected chi connectivity index (χ1v) is 3.40. The SMILES string of the molecule is O=[14C](C[N+](=O)[O-])c1ccccc1. The molecule has 12 heavy (non-hydrogen) atoms. The summed E-state index contributed by atoms with van der Waals surface area (Å²) in [7, 11) is 0. The van der Waals surface area contributed by atoms with Gasteiger partial charge in [-0.25, -0.2) is 0 Å². The summed E-state index contributed by atoms with van der Waals surface area (Å²) in [5, 5.41) is 9.97. The number of nitrogens with zero attached hydrogens (tertiary/aromatic N) is 1. The lowest BCUT2D eigenvalue weighted by molar-refractivity contribution is -0.465. The van der Waals surface area contributed by atoms with E-state index in [4.69, 9.17) is 0 Å². The fraction of sp³-hybridized carbons (Fsp3) is 0.125. The van der Waals surface area contributed by atoms with Crippen LogP contribution >= 0.6 is 0 Å². The molecule has 0 aromatic heterocycles. The monoisotopic (exact) mass is 167 g/mol. The van der Waals surface area contributed by atoms with Crippen LogP contribution in [0.25, 0.3) is 0 Å². The molecule has 0 bridgehead atoms. The molecule has 0 amide bonds. The van der Waals surface area contributed by atoms with Gasteiger partial charge >= 0.3 is 0 Å². The molecule has 4 heteroatoms. The molecule has 62 valence electrons. The quantitative estimate of drug-likeness (QED) is 0.385. The molecule has 0 saturated carbocycles. The predicted molar refractivity (Wildman–Crippen MR) is 42.6 cm³/mol. The first-order valence-electron chi connectivity index (χ1n) is 3.40. The molecule has 0 spiro atoms. The van der Waals surface area contributed by atoms with Gasteiger partial charge in [-0.2, -0.15) is 0 Å².